The van der Waals surface area contributed by atoms with E-state index in [9.17, 15) is 4.79 Å². The Labute approximate surface area is 148 Å². The lowest BCUT2D eigenvalue weighted by Gasteiger charge is -2.18. The fraction of sp³-hybridized carbons (Fsp3) is 0.667. The Kier molecular flexibility index (Phi) is 5.50. The second-order valence-corrected chi connectivity index (χ2v) is 6.89. The van der Waals surface area contributed by atoms with Crippen molar-refractivity contribution in [2.45, 2.75) is 78.2 Å². The molecular formula is C18H28N6O. The molecule has 0 aromatic carbocycles. The average Bonchev–Trinajstić information content (AvgIpc) is 3.18. The van der Waals surface area contributed by atoms with Gasteiger partial charge in [0, 0.05) is 24.6 Å². The van der Waals surface area contributed by atoms with Gasteiger partial charge >= 0.3 is 0 Å². The first-order chi connectivity index (χ1) is 12.1. The third-order valence-electron chi connectivity index (χ3n) is 5.18. The molecule has 1 aliphatic rings. The summed E-state index contributed by atoms with van der Waals surface area (Å²) in [4.78, 5) is 16.7. The molecule has 25 heavy (non-hydrogen) atoms. The highest BCUT2D eigenvalue weighted by Crippen LogP contribution is 2.30. The third-order valence-corrected chi connectivity index (χ3v) is 5.18. The Balaban J connectivity index is 1.54. The summed E-state index contributed by atoms with van der Waals surface area (Å²) in [7, 11) is 0. The summed E-state index contributed by atoms with van der Waals surface area (Å²) in [6.07, 6.45) is 7.20. The molecule has 0 spiro atoms. The Morgan fingerprint density at radius 3 is 2.72 bits per heavy atom. The van der Waals surface area contributed by atoms with Gasteiger partial charge in [0.25, 0.3) is 0 Å². The SMILES string of the molecule is CCn1nc(C)c(CCC(=O)Nc2n[nH]c(C3CCCCC3)n2)c1C. The zero-order valence-corrected chi connectivity index (χ0v) is 15.4. The maximum Gasteiger partial charge on any atom is 0.248 e. The van der Waals surface area contributed by atoms with Crippen LogP contribution in [-0.2, 0) is 17.8 Å². The first-order valence-corrected chi connectivity index (χ1v) is 9.33. The number of carbonyl (C=O) groups is 1. The molecule has 1 saturated carbocycles. The van der Waals surface area contributed by atoms with Gasteiger partial charge in [0.1, 0.15) is 5.82 Å². The van der Waals surface area contributed by atoms with Crippen molar-refractivity contribution in [3.05, 3.63) is 22.8 Å². The predicted octanol–water partition coefficient (Wildman–Crippen LogP) is 3.26. The monoisotopic (exact) mass is 344 g/mol. The van der Waals surface area contributed by atoms with Crippen LogP contribution in [0.15, 0.2) is 0 Å². The zero-order chi connectivity index (χ0) is 17.8. The summed E-state index contributed by atoms with van der Waals surface area (Å²) in [5, 5.41) is 14.5. The molecular weight excluding hydrogens is 316 g/mol. The van der Waals surface area contributed by atoms with E-state index in [-0.39, 0.29) is 5.91 Å². The number of anilines is 1. The van der Waals surface area contributed by atoms with E-state index in [1.807, 2.05) is 11.6 Å². The Hall–Kier alpha value is -2.18. The molecule has 0 unspecified atom stereocenters. The van der Waals surface area contributed by atoms with Crippen LogP contribution in [0.5, 0.6) is 0 Å². The van der Waals surface area contributed by atoms with Crippen LogP contribution in [0, 0.1) is 13.8 Å². The van der Waals surface area contributed by atoms with Crippen LogP contribution in [-0.4, -0.2) is 30.9 Å². The van der Waals surface area contributed by atoms with E-state index < -0.39 is 0 Å². The van der Waals surface area contributed by atoms with Crippen LogP contribution in [0.4, 0.5) is 5.95 Å². The van der Waals surface area contributed by atoms with Crippen LogP contribution >= 0.6 is 0 Å². The molecule has 7 nitrogen and oxygen atoms in total. The fourth-order valence-corrected chi connectivity index (χ4v) is 3.72. The summed E-state index contributed by atoms with van der Waals surface area (Å²) in [5.41, 5.74) is 3.31. The van der Waals surface area contributed by atoms with Crippen LogP contribution in [0.3, 0.4) is 0 Å². The van der Waals surface area contributed by atoms with E-state index in [4.69, 9.17) is 0 Å². The Morgan fingerprint density at radius 1 is 1.28 bits per heavy atom. The van der Waals surface area contributed by atoms with Gasteiger partial charge in [-0.2, -0.15) is 10.1 Å². The highest BCUT2D eigenvalue weighted by atomic mass is 16.1. The van der Waals surface area contributed by atoms with E-state index in [0.717, 1.165) is 42.2 Å². The fourth-order valence-electron chi connectivity index (χ4n) is 3.72. The molecule has 2 N–H and O–H groups in total. The highest BCUT2D eigenvalue weighted by Gasteiger charge is 2.20. The number of hydrogen-bond acceptors (Lipinski definition) is 4. The standard InChI is InChI=1S/C18H28N6O/c1-4-24-13(3)15(12(2)23-24)10-11-16(25)19-18-20-17(21-22-18)14-8-6-5-7-9-14/h14H,4-11H2,1-3H3,(H2,19,20,21,22,25). The van der Waals surface area contributed by atoms with Gasteiger partial charge < -0.3 is 0 Å². The van der Waals surface area contributed by atoms with Crippen molar-refractivity contribution in [2.24, 2.45) is 0 Å². The van der Waals surface area contributed by atoms with Crippen molar-refractivity contribution < 1.29 is 4.79 Å². The number of aryl methyl sites for hydroxylation is 2. The van der Waals surface area contributed by atoms with Gasteiger partial charge in [0.05, 0.1) is 5.69 Å². The Morgan fingerprint density at radius 2 is 2.04 bits per heavy atom. The minimum absolute atomic E-state index is 0.0581. The summed E-state index contributed by atoms with van der Waals surface area (Å²) in [5.74, 6) is 1.70. The number of nitrogens with zero attached hydrogens (tertiary/aromatic N) is 4. The normalized spacial score (nSPS) is 15.5. The van der Waals surface area contributed by atoms with Gasteiger partial charge in [0.2, 0.25) is 11.9 Å². The molecule has 0 aliphatic heterocycles. The lowest BCUT2D eigenvalue weighted by molar-refractivity contribution is -0.116. The summed E-state index contributed by atoms with van der Waals surface area (Å²) in [6, 6.07) is 0. The van der Waals surface area contributed by atoms with Gasteiger partial charge in [-0.1, -0.05) is 19.3 Å². The van der Waals surface area contributed by atoms with E-state index in [2.05, 4.69) is 39.4 Å². The topological polar surface area (TPSA) is 88.5 Å². The van der Waals surface area contributed by atoms with Crippen molar-refractivity contribution in [2.75, 3.05) is 5.32 Å². The quantitative estimate of drug-likeness (QED) is 0.842. The molecule has 136 valence electrons. The van der Waals surface area contributed by atoms with Gasteiger partial charge in [-0.15, -0.1) is 5.10 Å². The minimum Gasteiger partial charge on any atom is -0.293 e. The molecule has 7 heteroatoms. The van der Waals surface area contributed by atoms with Crippen molar-refractivity contribution in [3.8, 4) is 0 Å². The second-order valence-electron chi connectivity index (χ2n) is 6.89. The Bertz CT molecular complexity index is 726. The molecule has 1 aliphatic carbocycles. The second kappa shape index (κ2) is 7.80. The lowest BCUT2D eigenvalue weighted by Crippen LogP contribution is -2.14. The summed E-state index contributed by atoms with van der Waals surface area (Å²) >= 11 is 0. The number of carbonyl (C=O) groups excluding carboxylic acids is 1. The largest absolute Gasteiger partial charge is 0.293 e. The van der Waals surface area contributed by atoms with Gasteiger partial charge in [-0.3, -0.25) is 19.9 Å². The molecule has 2 aromatic heterocycles. The van der Waals surface area contributed by atoms with Gasteiger partial charge in [-0.05, 0) is 45.6 Å². The van der Waals surface area contributed by atoms with E-state index in [1.54, 1.807) is 0 Å². The van der Waals surface area contributed by atoms with Crippen molar-refractivity contribution in [1.29, 1.82) is 0 Å². The number of aromatic nitrogens is 5. The number of rotatable bonds is 6. The lowest BCUT2D eigenvalue weighted by atomic mass is 9.89. The minimum atomic E-state index is -0.0581. The predicted molar refractivity (Wildman–Crippen MR) is 96.5 cm³/mol. The molecule has 0 radical (unpaired) electrons. The van der Waals surface area contributed by atoms with E-state index in [1.165, 1.54) is 19.3 Å². The highest BCUT2D eigenvalue weighted by molar-refractivity contribution is 5.89. The molecule has 0 saturated heterocycles. The number of H-pyrrole nitrogens is 1. The maximum absolute atomic E-state index is 12.2. The van der Waals surface area contributed by atoms with Crippen molar-refractivity contribution in [1.82, 2.24) is 25.0 Å². The van der Waals surface area contributed by atoms with Crippen molar-refractivity contribution in [3.63, 3.8) is 0 Å². The summed E-state index contributed by atoms with van der Waals surface area (Å²) < 4.78 is 1.98. The van der Waals surface area contributed by atoms with Gasteiger partial charge in [-0.25, -0.2) is 0 Å². The third kappa shape index (κ3) is 4.08. The number of nitrogens with one attached hydrogen (secondary N) is 2. The van der Waals surface area contributed by atoms with Crippen LogP contribution in [0.1, 0.15) is 74.1 Å². The molecule has 2 aromatic rings. The smallest absolute Gasteiger partial charge is 0.248 e. The number of hydrogen-bond donors (Lipinski definition) is 2. The average molecular weight is 344 g/mol. The molecule has 1 amide bonds. The zero-order valence-electron chi connectivity index (χ0n) is 15.4. The molecule has 0 atom stereocenters. The maximum atomic E-state index is 12.2. The van der Waals surface area contributed by atoms with Crippen LogP contribution in [0.25, 0.3) is 0 Å². The van der Waals surface area contributed by atoms with Gasteiger partial charge in [0.15, 0.2) is 0 Å². The first kappa shape index (κ1) is 17.6. The summed E-state index contributed by atoms with van der Waals surface area (Å²) in [6.45, 7) is 6.98. The van der Waals surface area contributed by atoms with Crippen molar-refractivity contribution >= 4 is 11.9 Å². The molecule has 0 bridgehead atoms. The molecule has 1 fully saturated rings. The van der Waals surface area contributed by atoms with E-state index in [0.29, 0.717) is 24.7 Å². The molecule has 3 rings (SSSR count). The number of amides is 1. The molecule has 2 heterocycles. The number of aromatic amines is 1. The van der Waals surface area contributed by atoms with E-state index >= 15 is 0 Å². The van der Waals surface area contributed by atoms with Crippen LogP contribution in [0.2, 0.25) is 0 Å². The van der Waals surface area contributed by atoms with Crippen LogP contribution < -0.4 is 5.32 Å². The first-order valence-electron chi connectivity index (χ1n) is 9.33.